The first-order valence-corrected chi connectivity index (χ1v) is 7.80. The van der Waals surface area contributed by atoms with Crippen LogP contribution < -0.4 is 5.32 Å². The highest BCUT2D eigenvalue weighted by atomic mass is 35.5. The molecule has 116 valence electrons. The van der Waals surface area contributed by atoms with Crippen LogP contribution in [0.2, 0.25) is 5.02 Å². The number of nitrogens with one attached hydrogen (secondary N) is 1. The summed E-state index contributed by atoms with van der Waals surface area (Å²) >= 11 is 6.05. The van der Waals surface area contributed by atoms with Crippen molar-refractivity contribution in [2.75, 3.05) is 18.9 Å². The predicted octanol–water partition coefficient (Wildman–Crippen LogP) is 2.76. The number of amides is 1. The minimum absolute atomic E-state index is 0.0851. The molecule has 1 aromatic rings. The van der Waals surface area contributed by atoms with E-state index < -0.39 is 0 Å². The van der Waals surface area contributed by atoms with Crippen molar-refractivity contribution in [2.24, 2.45) is 5.92 Å². The molecule has 1 aromatic carbocycles. The van der Waals surface area contributed by atoms with Gasteiger partial charge in [-0.05, 0) is 44.9 Å². The number of likely N-dealkylation sites (N-methyl/N-ethyl adjacent to an activating group) is 1. The molecule has 1 fully saturated rings. The average Bonchev–Trinajstić information content (AvgIpc) is 2.86. The summed E-state index contributed by atoms with van der Waals surface area (Å²) in [5.41, 5.74) is 0.630. The Morgan fingerprint density at radius 3 is 2.81 bits per heavy atom. The molecule has 2 N–H and O–H groups in total. The average molecular weight is 311 g/mol. The lowest BCUT2D eigenvalue weighted by molar-refractivity contribution is -0.120. The maximum atomic E-state index is 12.3. The number of halogens is 1. The number of nitrogens with zero attached hydrogens (tertiary/aromatic N) is 1. The van der Waals surface area contributed by atoms with E-state index >= 15 is 0 Å². The third-order valence-electron chi connectivity index (χ3n) is 4.31. The number of rotatable bonds is 5. The Labute approximate surface area is 131 Å². The first-order valence-electron chi connectivity index (χ1n) is 7.42. The Morgan fingerprint density at radius 1 is 1.48 bits per heavy atom. The first kappa shape index (κ1) is 16.3. The number of hydrogen-bond acceptors (Lipinski definition) is 3. The summed E-state index contributed by atoms with van der Waals surface area (Å²) < 4.78 is 0. The van der Waals surface area contributed by atoms with Gasteiger partial charge in [-0.3, -0.25) is 9.69 Å². The predicted molar refractivity (Wildman–Crippen MR) is 85.5 cm³/mol. The first-order chi connectivity index (χ1) is 9.99. The minimum atomic E-state index is -0.269. The molecule has 1 saturated carbocycles. The van der Waals surface area contributed by atoms with E-state index in [4.69, 9.17) is 11.6 Å². The number of aliphatic hydroxyl groups excluding tert-OH is 1. The Balaban J connectivity index is 1.91. The van der Waals surface area contributed by atoms with Crippen molar-refractivity contribution in [2.45, 2.75) is 38.3 Å². The van der Waals surface area contributed by atoms with Crippen molar-refractivity contribution >= 4 is 23.2 Å². The summed E-state index contributed by atoms with van der Waals surface area (Å²) in [6.45, 7) is 2.60. The van der Waals surface area contributed by atoms with Crippen LogP contribution in [0, 0.1) is 5.92 Å². The minimum Gasteiger partial charge on any atom is -0.393 e. The SMILES string of the molecule is CC(C(=O)Nc1ccccc1Cl)N(C)CC1CCCC1O. The van der Waals surface area contributed by atoms with E-state index in [9.17, 15) is 9.90 Å². The van der Waals surface area contributed by atoms with Crippen molar-refractivity contribution in [3.63, 3.8) is 0 Å². The van der Waals surface area contributed by atoms with Crippen LogP contribution >= 0.6 is 11.6 Å². The van der Waals surface area contributed by atoms with E-state index in [0.29, 0.717) is 10.7 Å². The van der Waals surface area contributed by atoms with Gasteiger partial charge in [-0.2, -0.15) is 0 Å². The standard InChI is InChI=1S/C16H23ClN2O2/c1-11(19(2)10-12-6-5-9-15(12)20)16(21)18-14-8-4-3-7-13(14)17/h3-4,7-8,11-12,15,20H,5-6,9-10H2,1-2H3,(H,18,21). The number of aliphatic hydroxyl groups is 1. The molecule has 2 rings (SSSR count). The van der Waals surface area contributed by atoms with Crippen LogP contribution in [0.25, 0.3) is 0 Å². The van der Waals surface area contributed by atoms with Crippen LogP contribution in [-0.4, -0.2) is 41.7 Å². The molecule has 0 spiro atoms. The van der Waals surface area contributed by atoms with Gasteiger partial charge in [0.25, 0.3) is 0 Å². The molecule has 0 heterocycles. The van der Waals surface area contributed by atoms with Crippen molar-refractivity contribution in [1.29, 1.82) is 0 Å². The van der Waals surface area contributed by atoms with Crippen molar-refractivity contribution < 1.29 is 9.90 Å². The zero-order valence-electron chi connectivity index (χ0n) is 12.6. The van der Waals surface area contributed by atoms with Gasteiger partial charge in [-0.15, -0.1) is 0 Å². The number of anilines is 1. The zero-order chi connectivity index (χ0) is 15.4. The largest absolute Gasteiger partial charge is 0.393 e. The number of para-hydroxylation sites is 1. The van der Waals surface area contributed by atoms with Crippen LogP contribution in [0.5, 0.6) is 0 Å². The fourth-order valence-corrected chi connectivity index (χ4v) is 2.94. The van der Waals surface area contributed by atoms with Crippen LogP contribution in [-0.2, 0) is 4.79 Å². The zero-order valence-corrected chi connectivity index (χ0v) is 13.3. The fraction of sp³-hybridized carbons (Fsp3) is 0.562. The molecule has 3 unspecified atom stereocenters. The van der Waals surface area contributed by atoms with Gasteiger partial charge < -0.3 is 10.4 Å². The van der Waals surface area contributed by atoms with Gasteiger partial charge in [0.05, 0.1) is 22.9 Å². The molecule has 0 bridgehead atoms. The summed E-state index contributed by atoms with van der Waals surface area (Å²) in [4.78, 5) is 14.3. The van der Waals surface area contributed by atoms with E-state index in [-0.39, 0.29) is 24.0 Å². The highest BCUT2D eigenvalue weighted by molar-refractivity contribution is 6.33. The van der Waals surface area contributed by atoms with Gasteiger partial charge in [0.1, 0.15) is 0 Å². The lowest BCUT2D eigenvalue weighted by Gasteiger charge is -2.28. The second-order valence-electron chi connectivity index (χ2n) is 5.84. The highest BCUT2D eigenvalue weighted by Gasteiger charge is 2.29. The van der Waals surface area contributed by atoms with Crippen molar-refractivity contribution in [1.82, 2.24) is 4.90 Å². The molecule has 0 saturated heterocycles. The van der Waals surface area contributed by atoms with Crippen LogP contribution in [0.15, 0.2) is 24.3 Å². The summed E-state index contributed by atoms with van der Waals surface area (Å²) in [5, 5.41) is 13.3. The molecule has 5 heteroatoms. The van der Waals surface area contributed by atoms with E-state index in [0.717, 1.165) is 25.8 Å². The quantitative estimate of drug-likeness (QED) is 0.879. The molecule has 1 aliphatic rings. The molecule has 0 aliphatic heterocycles. The maximum Gasteiger partial charge on any atom is 0.241 e. The summed E-state index contributed by atoms with van der Waals surface area (Å²) in [5.74, 6) is 0.184. The maximum absolute atomic E-state index is 12.3. The van der Waals surface area contributed by atoms with Gasteiger partial charge in [0.15, 0.2) is 0 Å². The molecule has 1 amide bonds. The van der Waals surface area contributed by atoms with Gasteiger partial charge >= 0.3 is 0 Å². The molecule has 21 heavy (non-hydrogen) atoms. The number of carbonyl (C=O) groups is 1. The summed E-state index contributed by atoms with van der Waals surface area (Å²) in [7, 11) is 1.92. The molecule has 0 radical (unpaired) electrons. The fourth-order valence-electron chi connectivity index (χ4n) is 2.76. The van der Waals surface area contributed by atoms with Gasteiger partial charge in [0.2, 0.25) is 5.91 Å². The smallest absolute Gasteiger partial charge is 0.241 e. The molecule has 3 atom stereocenters. The lowest BCUT2D eigenvalue weighted by Crippen LogP contribution is -2.43. The van der Waals surface area contributed by atoms with E-state index in [2.05, 4.69) is 5.32 Å². The number of benzene rings is 1. The van der Waals surface area contributed by atoms with Crippen LogP contribution in [0.3, 0.4) is 0 Å². The third-order valence-corrected chi connectivity index (χ3v) is 4.64. The van der Waals surface area contributed by atoms with Gasteiger partial charge in [0, 0.05) is 6.54 Å². The molecular formula is C16H23ClN2O2. The van der Waals surface area contributed by atoms with Gasteiger partial charge in [-0.25, -0.2) is 0 Å². The van der Waals surface area contributed by atoms with Crippen molar-refractivity contribution in [3.05, 3.63) is 29.3 Å². The Morgan fingerprint density at radius 2 is 2.19 bits per heavy atom. The van der Waals surface area contributed by atoms with E-state index in [1.165, 1.54) is 0 Å². The second-order valence-corrected chi connectivity index (χ2v) is 6.25. The number of carbonyl (C=O) groups excluding carboxylic acids is 1. The molecule has 1 aliphatic carbocycles. The Hall–Kier alpha value is -1.10. The van der Waals surface area contributed by atoms with Crippen LogP contribution in [0.1, 0.15) is 26.2 Å². The van der Waals surface area contributed by atoms with E-state index in [1.54, 1.807) is 12.1 Å². The normalized spacial score (nSPS) is 23.3. The third kappa shape index (κ3) is 4.19. The van der Waals surface area contributed by atoms with Crippen LogP contribution in [0.4, 0.5) is 5.69 Å². The lowest BCUT2D eigenvalue weighted by atomic mass is 10.0. The molecule has 0 aromatic heterocycles. The monoisotopic (exact) mass is 310 g/mol. The highest BCUT2D eigenvalue weighted by Crippen LogP contribution is 2.26. The Kier molecular flexibility index (Phi) is 5.62. The molecular weight excluding hydrogens is 288 g/mol. The van der Waals surface area contributed by atoms with Gasteiger partial charge in [-0.1, -0.05) is 30.2 Å². The van der Waals surface area contributed by atoms with Crippen molar-refractivity contribution in [3.8, 4) is 0 Å². The summed E-state index contributed by atoms with van der Waals surface area (Å²) in [6, 6.07) is 6.93. The second kappa shape index (κ2) is 7.25. The number of hydrogen-bond donors (Lipinski definition) is 2. The van der Waals surface area contributed by atoms with E-state index in [1.807, 2.05) is 31.0 Å². The Bertz CT molecular complexity index is 495. The summed E-state index contributed by atoms with van der Waals surface area (Å²) in [6.07, 6.45) is 2.74. The topological polar surface area (TPSA) is 52.6 Å². The molecule has 4 nitrogen and oxygen atoms in total.